The summed E-state index contributed by atoms with van der Waals surface area (Å²) in [6.45, 7) is 2.80. The van der Waals surface area contributed by atoms with Gasteiger partial charge < -0.3 is 25.2 Å². The van der Waals surface area contributed by atoms with Gasteiger partial charge in [0.1, 0.15) is 12.6 Å². The summed E-state index contributed by atoms with van der Waals surface area (Å²) >= 11 is 0. The van der Waals surface area contributed by atoms with Crippen LogP contribution in [0.5, 0.6) is 0 Å². The summed E-state index contributed by atoms with van der Waals surface area (Å²) in [6, 6.07) is -1.52. The van der Waals surface area contributed by atoms with Crippen molar-refractivity contribution in [1.29, 1.82) is 0 Å². The summed E-state index contributed by atoms with van der Waals surface area (Å²) in [5.41, 5.74) is 5.34. The number of rotatable bonds is 43. The first-order chi connectivity index (χ1) is 27.6. The third kappa shape index (κ3) is 40.5. The predicted octanol–water partition coefficient (Wildman–Crippen LogP) is 12.2. The van der Waals surface area contributed by atoms with Crippen LogP contribution in [0, 0.1) is 0 Å². The molecule has 0 heterocycles. The van der Waals surface area contributed by atoms with Gasteiger partial charge in [0.05, 0.1) is 13.2 Å². The molecule has 3 atom stereocenters. The van der Waals surface area contributed by atoms with Gasteiger partial charge in [-0.3, -0.25) is 23.4 Å². The van der Waals surface area contributed by atoms with Crippen LogP contribution in [0.3, 0.4) is 0 Å². The minimum Gasteiger partial charge on any atom is -0.480 e. The zero-order valence-electron chi connectivity index (χ0n) is 36.2. The van der Waals surface area contributed by atoms with Gasteiger partial charge in [0, 0.05) is 12.8 Å². The first-order valence-electron chi connectivity index (χ1n) is 22.9. The van der Waals surface area contributed by atoms with Gasteiger partial charge in [0.25, 0.3) is 0 Å². The van der Waals surface area contributed by atoms with E-state index in [4.69, 9.17) is 24.8 Å². The van der Waals surface area contributed by atoms with E-state index in [1.54, 1.807) is 0 Å². The summed E-state index contributed by atoms with van der Waals surface area (Å²) in [5.74, 6) is -2.37. The molecular weight excluding hydrogens is 745 g/mol. The largest absolute Gasteiger partial charge is 0.480 e. The van der Waals surface area contributed by atoms with Crippen molar-refractivity contribution in [3.8, 4) is 0 Å². The molecule has 0 spiro atoms. The number of carbonyl (C=O) groups excluding carboxylic acids is 2. The number of esters is 2. The Morgan fingerprint density at radius 1 is 0.544 bits per heavy atom. The molecule has 57 heavy (non-hydrogen) atoms. The van der Waals surface area contributed by atoms with E-state index >= 15 is 0 Å². The normalized spacial score (nSPS) is 13.9. The van der Waals surface area contributed by atoms with Gasteiger partial charge in [-0.15, -0.1) is 0 Å². The highest BCUT2D eigenvalue weighted by atomic mass is 31.2. The number of phosphoric acid groups is 1. The van der Waals surface area contributed by atoms with Crippen molar-refractivity contribution in [2.24, 2.45) is 5.73 Å². The lowest BCUT2D eigenvalue weighted by atomic mass is 10.0. The number of carboxylic acid groups (broad SMARTS) is 1. The lowest BCUT2D eigenvalue weighted by Crippen LogP contribution is -2.34. The van der Waals surface area contributed by atoms with Crippen LogP contribution in [-0.2, 0) is 37.5 Å². The van der Waals surface area contributed by atoms with E-state index in [1.807, 2.05) is 0 Å². The highest BCUT2D eigenvalue weighted by molar-refractivity contribution is 7.47. The molecule has 0 fully saturated rings. The maximum Gasteiger partial charge on any atom is 0.472 e. The number of hydrogen-bond donors (Lipinski definition) is 3. The molecule has 3 unspecified atom stereocenters. The molecule has 0 aliphatic rings. The van der Waals surface area contributed by atoms with Crippen molar-refractivity contribution in [3.05, 3.63) is 24.3 Å². The van der Waals surface area contributed by atoms with E-state index in [0.717, 1.165) is 51.4 Å². The highest BCUT2D eigenvalue weighted by Crippen LogP contribution is 2.43. The molecule has 0 saturated heterocycles. The number of allylic oxidation sites excluding steroid dienone is 4. The van der Waals surface area contributed by atoms with Crippen LogP contribution in [0.1, 0.15) is 213 Å². The average Bonchev–Trinajstić information content (AvgIpc) is 3.19. The average molecular weight is 830 g/mol. The Morgan fingerprint density at radius 2 is 0.930 bits per heavy atom. The van der Waals surface area contributed by atoms with Gasteiger partial charge in [0.15, 0.2) is 6.10 Å². The van der Waals surface area contributed by atoms with E-state index in [0.29, 0.717) is 12.8 Å². The fraction of sp³-hybridized carbons (Fsp3) is 0.844. The lowest BCUT2D eigenvalue weighted by molar-refractivity contribution is -0.161. The Balaban J connectivity index is 4.31. The fourth-order valence-corrected chi connectivity index (χ4v) is 7.11. The SMILES string of the molecule is CCCCC/C=C\C/C=C\CCCCCCCCCCCC(=O)OC(COC(=O)CCCCCCCCCCCCCCCC)COP(=O)(O)OCC(N)C(=O)O. The zero-order chi connectivity index (χ0) is 42.1. The van der Waals surface area contributed by atoms with Gasteiger partial charge >= 0.3 is 25.7 Å². The fourth-order valence-electron chi connectivity index (χ4n) is 6.33. The highest BCUT2D eigenvalue weighted by Gasteiger charge is 2.28. The lowest BCUT2D eigenvalue weighted by Gasteiger charge is -2.20. The van der Waals surface area contributed by atoms with Crippen molar-refractivity contribution < 1.29 is 47.5 Å². The van der Waals surface area contributed by atoms with Crippen LogP contribution in [0.2, 0.25) is 0 Å². The summed E-state index contributed by atoms with van der Waals surface area (Å²) < 4.78 is 32.7. The number of carbonyl (C=O) groups is 3. The van der Waals surface area contributed by atoms with Crippen LogP contribution in [0.25, 0.3) is 0 Å². The molecule has 11 nitrogen and oxygen atoms in total. The molecule has 0 radical (unpaired) electrons. The van der Waals surface area contributed by atoms with Gasteiger partial charge in [-0.05, 0) is 44.9 Å². The zero-order valence-corrected chi connectivity index (χ0v) is 37.1. The second-order valence-corrected chi connectivity index (χ2v) is 17.0. The van der Waals surface area contributed by atoms with Crippen molar-refractivity contribution >= 4 is 25.7 Å². The topological polar surface area (TPSA) is 172 Å². The monoisotopic (exact) mass is 830 g/mol. The van der Waals surface area contributed by atoms with E-state index in [9.17, 15) is 23.8 Å². The summed E-state index contributed by atoms with van der Waals surface area (Å²) in [6.07, 6.45) is 42.3. The molecule has 0 bridgehead atoms. The molecule has 0 saturated carbocycles. The first-order valence-corrected chi connectivity index (χ1v) is 24.4. The molecular formula is C45H84NO10P. The summed E-state index contributed by atoms with van der Waals surface area (Å²) in [5, 5.41) is 8.89. The number of aliphatic carboxylic acids is 1. The number of hydrogen-bond acceptors (Lipinski definition) is 9. The third-order valence-corrected chi connectivity index (χ3v) is 10.9. The van der Waals surface area contributed by atoms with E-state index in [2.05, 4.69) is 42.7 Å². The number of unbranched alkanes of at least 4 members (excludes halogenated alkanes) is 25. The van der Waals surface area contributed by atoms with Gasteiger partial charge in [-0.2, -0.15) is 0 Å². The molecule has 0 amide bonds. The van der Waals surface area contributed by atoms with Crippen molar-refractivity contribution in [1.82, 2.24) is 0 Å². The molecule has 4 N–H and O–H groups in total. The van der Waals surface area contributed by atoms with Crippen LogP contribution >= 0.6 is 7.82 Å². The predicted molar refractivity (Wildman–Crippen MR) is 231 cm³/mol. The smallest absolute Gasteiger partial charge is 0.472 e. The standard InChI is InChI=1S/C45H84NO10P/c1-3-5-7-9-11-13-15-17-19-20-21-22-23-25-27-29-31-33-35-37-44(48)56-41(39-54-57(51,52)55-40-42(46)45(49)50)38-53-43(47)36-34-32-30-28-26-24-18-16-14-12-10-8-6-4-2/h11,13,17,19,41-42H,3-10,12,14-16,18,20-40,46H2,1-2H3,(H,49,50)(H,51,52)/b13-11-,19-17-. The van der Waals surface area contributed by atoms with Crippen LogP contribution in [-0.4, -0.2) is 59.9 Å². The van der Waals surface area contributed by atoms with Crippen molar-refractivity contribution in [2.45, 2.75) is 225 Å². The van der Waals surface area contributed by atoms with Crippen molar-refractivity contribution in [3.63, 3.8) is 0 Å². The second kappa shape index (κ2) is 40.7. The molecule has 0 aliphatic carbocycles. The molecule has 0 aromatic rings. The Kier molecular flexibility index (Phi) is 39.3. The molecule has 0 aromatic heterocycles. The molecule has 0 aliphatic heterocycles. The van der Waals surface area contributed by atoms with Gasteiger partial charge in [-0.1, -0.05) is 179 Å². The number of phosphoric ester groups is 1. The summed E-state index contributed by atoms with van der Waals surface area (Å²) in [4.78, 5) is 46.0. The van der Waals surface area contributed by atoms with Gasteiger partial charge in [0.2, 0.25) is 0 Å². The van der Waals surface area contributed by atoms with Crippen LogP contribution in [0.4, 0.5) is 0 Å². The van der Waals surface area contributed by atoms with E-state index < -0.39 is 51.1 Å². The van der Waals surface area contributed by atoms with Gasteiger partial charge in [-0.25, -0.2) is 4.57 Å². The maximum atomic E-state index is 12.6. The minimum atomic E-state index is -4.71. The maximum absolute atomic E-state index is 12.6. The van der Waals surface area contributed by atoms with E-state index in [1.165, 1.54) is 122 Å². The first kappa shape index (κ1) is 55.0. The Labute approximate surface area is 347 Å². The molecule has 0 aromatic carbocycles. The quantitative estimate of drug-likeness (QED) is 0.0231. The Hall–Kier alpha value is -2.04. The molecule has 12 heteroatoms. The molecule has 334 valence electrons. The number of carboxylic acids is 1. The second-order valence-electron chi connectivity index (χ2n) is 15.5. The van der Waals surface area contributed by atoms with Crippen LogP contribution < -0.4 is 5.73 Å². The molecule has 0 rings (SSSR count). The van der Waals surface area contributed by atoms with Crippen molar-refractivity contribution in [2.75, 3.05) is 19.8 Å². The number of ether oxygens (including phenoxy) is 2. The summed E-state index contributed by atoms with van der Waals surface area (Å²) in [7, 11) is -4.71. The third-order valence-electron chi connectivity index (χ3n) is 9.95. The van der Waals surface area contributed by atoms with Crippen LogP contribution in [0.15, 0.2) is 24.3 Å². The minimum absolute atomic E-state index is 0.159. The van der Waals surface area contributed by atoms with E-state index in [-0.39, 0.29) is 19.4 Å². The Morgan fingerprint density at radius 3 is 1.40 bits per heavy atom. The Bertz CT molecular complexity index is 1070. The number of nitrogens with two attached hydrogens (primary N) is 1.